The smallest absolute Gasteiger partial charge is 0.321 e. The number of nitrogens with two attached hydrogens (primary N) is 1. The highest BCUT2D eigenvalue weighted by Crippen LogP contribution is 2.31. The van der Waals surface area contributed by atoms with Gasteiger partial charge in [-0.3, -0.25) is 4.79 Å². The lowest BCUT2D eigenvalue weighted by Gasteiger charge is -2.28. The largest absolute Gasteiger partial charge is 0.480 e. The lowest BCUT2D eigenvalue weighted by atomic mass is 9.87. The number of thioether (sulfide) groups is 1. The molecule has 3 nitrogen and oxygen atoms in total. The molecule has 0 spiro atoms. The third kappa shape index (κ3) is 4.53. The topological polar surface area (TPSA) is 63.3 Å². The van der Waals surface area contributed by atoms with E-state index in [4.69, 9.17) is 10.8 Å². The zero-order valence-corrected chi connectivity index (χ0v) is 13.8. The minimum Gasteiger partial charge on any atom is -0.480 e. The SMILES string of the molecule is CC(C)(C)c1ccc(CSC(C)(C)[C@H](N)C(=O)O)cc1. The summed E-state index contributed by atoms with van der Waals surface area (Å²) in [7, 11) is 0. The van der Waals surface area contributed by atoms with E-state index >= 15 is 0 Å². The molecule has 0 aliphatic carbocycles. The first-order valence-electron chi connectivity index (χ1n) is 6.76. The van der Waals surface area contributed by atoms with E-state index in [0.29, 0.717) is 0 Å². The fourth-order valence-corrected chi connectivity index (χ4v) is 2.77. The Hall–Kier alpha value is -1.00. The maximum absolute atomic E-state index is 11.0. The van der Waals surface area contributed by atoms with E-state index in [9.17, 15) is 4.79 Å². The molecule has 0 saturated carbocycles. The highest BCUT2D eigenvalue weighted by Gasteiger charge is 2.32. The van der Waals surface area contributed by atoms with Gasteiger partial charge in [-0.25, -0.2) is 0 Å². The third-order valence-corrected chi connectivity index (χ3v) is 4.92. The Balaban J connectivity index is 2.69. The Morgan fingerprint density at radius 1 is 1.20 bits per heavy atom. The van der Waals surface area contributed by atoms with Gasteiger partial charge in [0.1, 0.15) is 6.04 Å². The van der Waals surface area contributed by atoms with Gasteiger partial charge < -0.3 is 10.8 Å². The van der Waals surface area contributed by atoms with Gasteiger partial charge in [0, 0.05) is 10.5 Å². The second kappa shape index (κ2) is 6.19. The number of hydrogen-bond acceptors (Lipinski definition) is 3. The number of carbonyl (C=O) groups is 1. The van der Waals surface area contributed by atoms with Crippen LogP contribution in [0.25, 0.3) is 0 Å². The summed E-state index contributed by atoms with van der Waals surface area (Å²) in [6, 6.07) is 7.63. The molecule has 0 radical (unpaired) electrons. The van der Waals surface area contributed by atoms with Crippen molar-refractivity contribution in [2.45, 2.75) is 56.6 Å². The molecule has 0 fully saturated rings. The predicted octanol–water partition coefficient (Wildman–Crippen LogP) is 3.41. The molecule has 20 heavy (non-hydrogen) atoms. The Morgan fingerprint density at radius 3 is 2.10 bits per heavy atom. The van der Waals surface area contributed by atoms with Crippen LogP contribution in [-0.4, -0.2) is 21.9 Å². The van der Waals surface area contributed by atoms with Gasteiger partial charge in [0.2, 0.25) is 0 Å². The minimum absolute atomic E-state index is 0.149. The number of rotatable bonds is 5. The molecule has 0 amide bonds. The van der Waals surface area contributed by atoms with Crippen LogP contribution in [0.3, 0.4) is 0 Å². The number of carboxylic acid groups (broad SMARTS) is 1. The second-order valence-corrected chi connectivity index (χ2v) is 8.28. The Labute approximate surface area is 125 Å². The van der Waals surface area contributed by atoms with Gasteiger partial charge in [0.05, 0.1) is 0 Å². The lowest BCUT2D eigenvalue weighted by molar-refractivity contribution is -0.139. The van der Waals surface area contributed by atoms with Gasteiger partial charge in [0.25, 0.3) is 0 Å². The second-order valence-electron chi connectivity index (χ2n) is 6.65. The Kier molecular flexibility index (Phi) is 5.27. The molecule has 0 bridgehead atoms. The number of aliphatic carboxylic acids is 1. The van der Waals surface area contributed by atoms with Crippen molar-refractivity contribution in [3.8, 4) is 0 Å². The Morgan fingerprint density at radius 2 is 1.70 bits per heavy atom. The third-order valence-electron chi connectivity index (χ3n) is 3.45. The van der Waals surface area contributed by atoms with Gasteiger partial charge in [0.15, 0.2) is 0 Å². The van der Waals surface area contributed by atoms with Crippen LogP contribution in [0.4, 0.5) is 0 Å². The molecule has 1 atom stereocenters. The number of benzene rings is 1. The summed E-state index contributed by atoms with van der Waals surface area (Å²) in [5.74, 6) is -0.191. The van der Waals surface area contributed by atoms with Crippen LogP contribution in [-0.2, 0) is 16.0 Å². The maximum Gasteiger partial charge on any atom is 0.321 e. The average Bonchev–Trinajstić information content (AvgIpc) is 2.35. The molecule has 1 rings (SSSR count). The van der Waals surface area contributed by atoms with Gasteiger partial charge in [-0.15, -0.1) is 11.8 Å². The fourth-order valence-electron chi connectivity index (χ4n) is 1.76. The zero-order chi connectivity index (χ0) is 15.6. The standard InChI is InChI=1S/C16H25NO2S/c1-15(2,3)12-8-6-11(7-9-12)10-20-16(4,5)13(17)14(18)19/h6-9,13H,10,17H2,1-5H3,(H,18,19)/t13-/m1/s1. The van der Waals surface area contributed by atoms with E-state index in [1.54, 1.807) is 11.8 Å². The molecule has 1 aromatic carbocycles. The molecule has 112 valence electrons. The molecule has 0 saturated heterocycles. The van der Waals surface area contributed by atoms with Crippen molar-refractivity contribution in [1.29, 1.82) is 0 Å². The molecule has 1 aromatic rings. The van der Waals surface area contributed by atoms with Gasteiger partial charge in [-0.1, -0.05) is 45.0 Å². The van der Waals surface area contributed by atoms with Crippen molar-refractivity contribution in [3.63, 3.8) is 0 Å². The highest BCUT2D eigenvalue weighted by molar-refractivity contribution is 7.99. The van der Waals surface area contributed by atoms with E-state index in [1.165, 1.54) is 11.1 Å². The van der Waals surface area contributed by atoms with Gasteiger partial charge in [-0.2, -0.15) is 0 Å². The monoisotopic (exact) mass is 295 g/mol. The van der Waals surface area contributed by atoms with Crippen LogP contribution >= 0.6 is 11.8 Å². The average molecular weight is 295 g/mol. The summed E-state index contributed by atoms with van der Waals surface area (Å²) in [6.07, 6.45) is 0. The van der Waals surface area contributed by atoms with E-state index in [2.05, 4.69) is 45.0 Å². The lowest BCUT2D eigenvalue weighted by Crippen LogP contribution is -2.46. The minimum atomic E-state index is -0.953. The Bertz CT molecular complexity index is 460. The van der Waals surface area contributed by atoms with Gasteiger partial charge >= 0.3 is 5.97 Å². The van der Waals surface area contributed by atoms with Crippen molar-refractivity contribution >= 4 is 17.7 Å². The van der Waals surface area contributed by atoms with Crippen molar-refractivity contribution in [1.82, 2.24) is 0 Å². The normalized spacial score (nSPS) is 14.1. The molecule has 0 heterocycles. The van der Waals surface area contributed by atoms with Crippen LogP contribution in [0, 0.1) is 0 Å². The maximum atomic E-state index is 11.0. The summed E-state index contributed by atoms with van der Waals surface area (Å²) in [5.41, 5.74) is 8.36. The van der Waals surface area contributed by atoms with Gasteiger partial charge in [-0.05, 0) is 30.4 Å². The van der Waals surface area contributed by atoms with Crippen LogP contribution in [0.15, 0.2) is 24.3 Å². The first-order valence-corrected chi connectivity index (χ1v) is 7.74. The molecule has 4 heteroatoms. The summed E-state index contributed by atoms with van der Waals surface area (Å²) in [4.78, 5) is 11.0. The van der Waals surface area contributed by atoms with Crippen LogP contribution in [0.5, 0.6) is 0 Å². The first-order chi connectivity index (χ1) is 9.04. The fraction of sp³-hybridized carbons (Fsp3) is 0.562. The molecule has 0 unspecified atom stereocenters. The van der Waals surface area contributed by atoms with E-state index in [-0.39, 0.29) is 5.41 Å². The molecular formula is C16H25NO2S. The van der Waals surface area contributed by atoms with E-state index in [1.807, 2.05) is 13.8 Å². The summed E-state index contributed by atoms with van der Waals surface area (Å²) in [6.45, 7) is 10.3. The van der Waals surface area contributed by atoms with Crippen LogP contribution in [0.2, 0.25) is 0 Å². The number of carboxylic acids is 1. The highest BCUT2D eigenvalue weighted by atomic mass is 32.2. The molecule has 0 aliphatic rings. The molecule has 0 aliphatic heterocycles. The predicted molar refractivity (Wildman–Crippen MR) is 86.1 cm³/mol. The van der Waals surface area contributed by atoms with Crippen molar-refractivity contribution in [3.05, 3.63) is 35.4 Å². The summed E-state index contributed by atoms with van der Waals surface area (Å²) >= 11 is 1.58. The summed E-state index contributed by atoms with van der Waals surface area (Å²) in [5, 5.41) is 9.00. The summed E-state index contributed by atoms with van der Waals surface area (Å²) < 4.78 is -0.492. The molecule has 3 N–H and O–H groups in total. The van der Waals surface area contributed by atoms with Crippen molar-refractivity contribution in [2.24, 2.45) is 5.73 Å². The van der Waals surface area contributed by atoms with Crippen molar-refractivity contribution < 1.29 is 9.90 Å². The van der Waals surface area contributed by atoms with Crippen LogP contribution in [0.1, 0.15) is 45.7 Å². The van der Waals surface area contributed by atoms with E-state index in [0.717, 1.165) is 5.75 Å². The molecular weight excluding hydrogens is 270 g/mol. The molecule has 0 aromatic heterocycles. The van der Waals surface area contributed by atoms with Crippen molar-refractivity contribution in [2.75, 3.05) is 0 Å². The van der Waals surface area contributed by atoms with E-state index < -0.39 is 16.8 Å². The quantitative estimate of drug-likeness (QED) is 0.874. The number of hydrogen-bond donors (Lipinski definition) is 2. The van der Waals surface area contributed by atoms with Crippen LogP contribution < -0.4 is 5.73 Å². The first kappa shape index (κ1) is 17.1. The zero-order valence-electron chi connectivity index (χ0n) is 12.9.